The second kappa shape index (κ2) is 9.18. The van der Waals surface area contributed by atoms with Crippen LogP contribution in [0.15, 0.2) is 53.7 Å². The molecule has 0 saturated carbocycles. The zero-order valence-electron chi connectivity index (χ0n) is 15.3. The number of benzene rings is 2. The first-order valence-electron chi connectivity index (χ1n) is 8.55. The third kappa shape index (κ3) is 4.85. The number of ether oxygens (including phenoxy) is 1. The number of rotatable bonds is 8. The quantitative estimate of drug-likeness (QED) is 0.602. The van der Waals surface area contributed by atoms with Crippen LogP contribution in [0.1, 0.15) is 11.1 Å². The summed E-state index contributed by atoms with van der Waals surface area (Å²) in [5.74, 6) is 0.848. The Morgan fingerprint density at radius 1 is 1.19 bits per heavy atom. The first-order valence-corrected chi connectivity index (χ1v) is 9.53. The van der Waals surface area contributed by atoms with Gasteiger partial charge in [0.25, 0.3) is 0 Å². The molecule has 0 atom stereocenters. The van der Waals surface area contributed by atoms with E-state index in [1.165, 1.54) is 22.9 Å². The van der Waals surface area contributed by atoms with Crippen molar-refractivity contribution in [3.05, 3.63) is 59.7 Å². The summed E-state index contributed by atoms with van der Waals surface area (Å²) < 4.78 is 6.92. The molecule has 0 bridgehead atoms. The normalized spacial score (nSPS) is 10.6. The van der Waals surface area contributed by atoms with Crippen molar-refractivity contribution in [2.24, 2.45) is 0 Å². The number of thioether (sulfide) groups is 1. The summed E-state index contributed by atoms with van der Waals surface area (Å²) >= 11 is 1.28. The number of nitrogens with one attached hydrogen (secondary N) is 1. The Morgan fingerprint density at radius 3 is 2.78 bits per heavy atom. The standard InChI is InChI=1S/C19H21N5O2S/c1-14-7-3-4-8-15(14)11-12-20-18(25)13-27-19-21-22-23-24(19)16-9-5-6-10-17(16)26-2/h3-10H,11-13H2,1-2H3,(H,20,25). The van der Waals surface area contributed by atoms with Crippen LogP contribution >= 0.6 is 11.8 Å². The fraction of sp³-hybridized carbons (Fsp3) is 0.263. The van der Waals surface area contributed by atoms with Crippen LogP contribution in [0, 0.1) is 6.92 Å². The van der Waals surface area contributed by atoms with E-state index in [1.54, 1.807) is 11.8 Å². The van der Waals surface area contributed by atoms with E-state index in [0.717, 1.165) is 12.1 Å². The molecular formula is C19H21N5O2S. The van der Waals surface area contributed by atoms with E-state index in [2.05, 4.69) is 39.9 Å². The number of nitrogens with zero attached hydrogens (tertiary/aromatic N) is 4. The molecule has 8 heteroatoms. The number of carbonyl (C=O) groups is 1. The number of hydrogen-bond donors (Lipinski definition) is 1. The summed E-state index contributed by atoms with van der Waals surface area (Å²) in [4.78, 5) is 12.1. The van der Waals surface area contributed by atoms with Crippen molar-refractivity contribution >= 4 is 17.7 Å². The molecule has 2 aromatic carbocycles. The molecule has 0 aliphatic carbocycles. The molecule has 0 unspecified atom stereocenters. The lowest BCUT2D eigenvalue weighted by atomic mass is 10.1. The highest BCUT2D eigenvalue weighted by Crippen LogP contribution is 2.25. The number of carbonyl (C=O) groups excluding carboxylic acids is 1. The summed E-state index contributed by atoms with van der Waals surface area (Å²) in [5.41, 5.74) is 3.20. The molecule has 0 aliphatic rings. The third-order valence-corrected chi connectivity index (χ3v) is 4.98. The molecule has 0 saturated heterocycles. The van der Waals surface area contributed by atoms with Gasteiger partial charge in [0.05, 0.1) is 12.9 Å². The van der Waals surface area contributed by atoms with Crippen LogP contribution in [0.4, 0.5) is 0 Å². The minimum Gasteiger partial charge on any atom is -0.494 e. The molecule has 1 amide bonds. The molecule has 27 heavy (non-hydrogen) atoms. The molecular weight excluding hydrogens is 362 g/mol. The molecule has 0 radical (unpaired) electrons. The van der Waals surface area contributed by atoms with Crippen LogP contribution in [0.3, 0.4) is 0 Å². The van der Waals surface area contributed by atoms with Crippen LogP contribution in [-0.2, 0) is 11.2 Å². The summed E-state index contributed by atoms with van der Waals surface area (Å²) in [6, 6.07) is 15.6. The molecule has 3 rings (SSSR count). The van der Waals surface area contributed by atoms with Gasteiger partial charge in [0, 0.05) is 6.54 Å². The zero-order valence-corrected chi connectivity index (χ0v) is 16.1. The first-order chi connectivity index (χ1) is 13.2. The van der Waals surface area contributed by atoms with Gasteiger partial charge in [0.15, 0.2) is 0 Å². The average molecular weight is 383 g/mol. The van der Waals surface area contributed by atoms with Crippen molar-refractivity contribution in [2.45, 2.75) is 18.5 Å². The summed E-state index contributed by atoms with van der Waals surface area (Å²) in [6.45, 7) is 2.67. The van der Waals surface area contributed by atoms with Crippen LogP contribution in [-0.4, -0.2) is 45.5 Å². The molecule has 0 spiro atoms. The van der Waals surface area contributed by atoms with Crippen LogP contribution in [0.5, 0.6) is 5.75 Å². The summed E-state index contributed by atoms with van der Waals surface area (Å²) in [7, 11) is 1.60. The lowest BCUT2D eigenvalue weighted by Gasteiger charge is -2.09. The van der Waals surface area contributed by atoms with Gasteiger partial charge in [-0.15, -0.1) is 5.10 Å². The minimum absolute atomic E-state index is 0.0526. The number of aromatic nitrogens is 4. The molecule has 1 heterocycles. The van der Waals surface area contributed by atoms with E-state index in [1.807, 2.05) is 36.4 Å². The number of amides is 1. The van der Waals surface area contributed by atoms with E-state index in [0.29, 0.717) is 17.5 Å². The fourth-order valence-corrected chi connectivity index (χ4v) is 3.35. The average Bonchev–Trinajstić information content (AvgIpc) is 3.16. The van der Waals surface area contributed by atoms with E-state index in [-0.39, 0.29) is 11.7 Å². The van der Waals surface area contributed by atoms with Gasteiger partial charge in [0.1, 0.15) is 11.4 Å². The predicted molar refractivity (Wildman–Crippen MR) is 104 cm³/mol. The predicted octanol–water partition coefficient (Wildman–Crippen LogP) is 2.43. The largest absolute Gasteiger partial charge is 0.494 e. The Balaban J connectivity index is 1.54. The van der Waals surface area contributed by atoms with Gasteiger partial charge < -0.3 is 10.1 Å². The van der Waals surface area contributed by atoms with Crippen molar-refractivity contribution in [1.29, 1.82) is 0 Å². The van der Waals surface area contributed by atoms with Gasteiger partial charge in [0.2, 0.25) is 11.1 Å². The Bertz CT molecular complexity index is 912. The third-order valence-electron chi connectivity index (χ3n) is 4.06. The van der Waals surface area contributed by atoms with Gasteiger partial charge in [-0.1, -0.05) is 48.2 Å². The van der Waals surface area contributed by atoms with Crippen molar-refractivity contribution in [1.82, 2.24) is 25.5 Å². The highest BCUT2D eigenvalue weighted by Gasteiger charge is 2.14. The number of para-hydroxylation sites is 2. The van der Waals surface area contributed by atoms with Gasteiger partial charge in [-0.05, 0) is 47.0 Å². The lowest BCUT2D eigenvalue weighted by molar-refractivity contribution is -0.118. The van der Waals surface area contributed by atoms with Crippen molar-refractivity contribution in [3.63, 3.8) is 0 Å². The van der Waals surface area contributed by atoms with E-state index in [4.69, 9.17) is 4.74 Å². The number of methoxy groups -OCH3 is 1. The minimum atomic E-state index is -0.0526. The maximum atomic E-state index is 12.1. The highest BCUT2D eigenvalue weighted by molar-refractivity contribution is 7.99. The monoisotopic (exact) mass is 383 g/mol. The first kappa shape index (κ1) is 18.9. The number of aryl methyl sites for hydroxylation is 1. The van der Waals surface area contributed by atoms with E-state index < -0.39 is 0 Å². The molecule has 0 aliphatic heterocycles. The van der Waals surface area contributed by atoms with E-state index >= 15 is 0 Å². The van der Waals surface area contributed by atoms with E-state index in [9.17, 15) is 4.79 Å². The summed E-state index contributed by atoms with van der Waals surface area (Å²) in [5, 5.41) is 15.2. The molecule has 3 aromatic rings. The molecule has 1 aromatic heterocycles. The number of tetrazole rings is 1. The Kier molecular flexibility index (Phi) is 6.43. The van der Waals surface area contributed by atoms with Crippen molar-refractivity contribution in [3.8, 4) is 11.4 Å². The Morgan fingerprint density at radius 2 is 1.96 bits per heavy atom. The molecule has 1 N–H and O–H groups in total. The van der Waals surface area contributed by atoms with Crippen LogP contribution < -0.4 is 10.1 Å². The molecule has 7 nitrogen and oxygen atoms in total. The van der Waals surface area contributed by atoms with Crippen molar-refractivity contribution < 1.29 is 9.53 Å². The lowest BCUT2D eigenvalue weighted by Crippen LogP contribution is -2.27. The Labute approximate surface area is 162 Å². The van der Waals surface area contributed by atoms with Gasteiger partial charge in [-0.25, -0.2) is 0 Å². The Hall–Kier alpha value is -2.87. The van der Waals surface area contributed by atoms with Crippen LogP contribution in [0.2, 0.25) is 0 Å². The number of hydrogen-bond acceptors (Lipinski definition) is 6. The van der Waals surface area contributed by atoms with Gasteiger partial charge >= 0.3 is 0 Å². The maximum Gasteiger partial charge on any atom is 0.230 e. The second-order valence-corrected chi connectivity index (χ2v) is 6.80. The fourth-order valence-electron chi connectivity index (χ4n) is 2.63. The topological polar surface area (TPSA) is 81.9 Å². The molecule has 0 fully saturated rings. The smallest absolute Gasteiger partial charge is 0.230 e. The molecule has 140 valence electrons. The maximum absolute atomic E-state index is 12.1. The van der Waals surface area contributed by atoms with Crippen LogP contribution in [0.25, 0.3) is 5.69 Å². The summed E-state index contributed by atoms with van der Waals surface area (Å²) in [6.07, 6.45) is 0.808. The highest BCUT2D eigenvalue weighted by atomic mass is 32.2. The van der Waals surface area contributed by atoms with Gasteiger partial charge in [-0.2, -0.15) is 4.68 Å². The van der Waals surface area contributed by atoms with Gasteiger partial charge in [-0.3, -0.25) is 4.79 Å². The van der Waals surface area contributed by atoms with Crippen molar-refractivity contribution in [2.75, 3.05) is 19.4 Å². The second-order valence-electron chi connectivity index (χ2n) is 5.86. The zero-order chi connectivity index (χ0) is 19.1. The SMILES string of the molecule is COc1ccccc1-n1nnnc1SCC(=O)NCCc1ccccc1C.